The first kappa shape index (κ1) is 13.2. The van der Waals surface area contributed by atoms with Crippen LogP contribution in [0.1, 0.15) is 31.1 Å². The van der Waals surface area contributed by atoms with E-state index in [2.05, 4.69) is 5.32 Å². The van der Waals surface area contributed by atoms with E-state index < -0.39 is 0 Å². The minimum Gasteiger partial charge on any atom is -0.301 e. The number of Topliss-reactive ketones (excluding diaryl/α,β-unsaturated/α-hetero) is 1. The molecule has 0 radical (unpaired) electrons. The Balaban J connectivity index is 2.78. The van der Waals surface area contributed by atoms with Crippen molar-refractivity contribution >= 4 is 17.4 Å². The lowest BCUT2D eigenvalue weighted by Gasteiger charge is -2.26. The standard InChI is InChI=1S/C13H18ClNO/c1-13(2,3)15-11(9-14)12(16)10-7-5-4-6-8-10/h4-8,11,15H,9H2,1-3H3. The molecule has 0 amide bonds. The highest BCUT2D eigenvalue weighted by molar-refractivity contribution is 6.21. The summed E-state index contributed by atoms with van der Waals surface area (Å²) in [6.07, 6.45) is 0. The third-order valence-electron chi connectivity index (χ3n) is 2.14. The third kappa shape index (κ3) is 3.95. The Hall–Kier alpha value is -0.860. The van der Waals surface area contributed by atoms with Gasteiger partial charge >= 0.3 is 0 Å². The van der Waals surface area contributed by atoms with Crippen molar-refractivity contribution in [1.29, 1.82) is 0 Å². The highest BCUT2D eigenvalue weighted by Crippen LogP contribution is 2.09. The van der Waals surface area contributed by atoms with Gasteiger partial charge in [-0.25, -0.2) is 0 Å². The molecule has 1 rings (SSSR count). The van der Waals surface area contributed by atoms with Crippen LogP contribution in [0.3, 0.4) is 0 Å². The van der Waals surface area contributed by atoms with Crippen LogP contribution in [-0.4, -0.2) is 23.2 Å². The van der Waals surface area contributed by atoms with Gasteiger partial charge in [0.15, 0.2) is 5.78 Å². The molecule has 0 fully saturated rings. The Bertz CT molecular complexity index is 343. The molecule has 0 aliphatic heterocycles. The van der Waals surface area contributed by atoms with Gasteiger partial charge < -0.3 is 5.32 Å². The van der Waals surface area contributed by atoms with Gasteiger partial charge in [-0.15, -0.1) is 11.6 Å². The molecule has 16 heavy (non-hydrogen) atoms. The summed E-state index contributed by atoms with van der Waals surface area (Å²) in [7, 11) is 0. The second-order valence-electron chi connectivity index (χ2n) is 4.83. The zero-order valence-electron chi connectivity index (χ0n) is 9.96. The summed E-state index contributed by atoms with van der Waals surface area (Å²) in [5.74, 6) is 0.330. The van der Waals surface area contributed by atoms with Crippen molar-refractivity contribution in [1.82, 2.24) is 5.32 Å². The van der Waals surface area contributed by atoms with E-state index in [-0.39, 0.29) is 23.2 Å². The average molecular weight is 240 g/mol. The molecular weight excluding hydrogens is 222 g/mol. The van der Waals surface area contributed by atoms with Gasteiger partial charge in [-0.2, -0.15) is 0 Å². The van der Waals surface area contributed by atoms with Crippen LogP contribution in [0.5, 0.6) is 0 Å². The monoisotopic (exact) mass is 239 g/mol. The van der Waals surface area contributed by atoms with Crippen molar-refractivity contribution < 1.29 is 4.79 Å². The second-order valence-corrected chi connectivity index (χ2v) is 5.14. The van der Waals surface area contributed by atoms with Gasteiger partial charge in [0, 0.05) is 17.0 Å². The lowest BCUT2D eigenvalue weighted by Crippen LogP contribution is -2.48. The lowest BCUT2D eigenvalue weighted by atomic mass is 10.0. The SMILES string of the molecule is CC(C)(C)NC(CCl)C(=O)c1ccccc1. The van der Waals surface area contributed by atoms with E-state index in [1.165, 1.54) is 0 Å². The fraction of sp³-hybridized carbons (Fsp3) is 0.462. The molecule has 0 aromatic heterocycles. The molecular formula is C13H18ClNO. The van der Waals surface area contributed by atoms with E-state index in [4.69, 9.17) is 11.6 Å². The van der Waals surface area contributed by atoms with Gasteiger partial charge in [0.05, 0.1) is 6.04 Å². The van der Waals surface area contributed by atoms with Gasteiger partial charge in [0.25, 0.3) is 0 Å². The van der Waals surface area contributed by atoms with Crippen LogP contribution in [0.15, 0.2) is 30.3 Å². The van der Waals surface area contributed by atoms with E-state index >= 15 is 0 Å². The maximum Gasteiger partial charge on any atom is 0.180 e. The lowest BCUT2D eigenvalue weighted by molar-refractivity contribution is 0.0937. The largest absolute Gasteiger partial charge is 0.301 e. The van der Waals surface area contributed by atoms with E-state index in [1.54, 1.807) is 0 Å². The molecule has 0 aliphatic rings. The number of hydrogen-bond donors (Lipinski definition) is 1. The topological polar surface area (TPSA) is 29.1 Å². The molecule has 0 heterocycles. The summed E-state index contributed by atoms with van der Waals surface area (Å²) in [4.78, 5) is 12.1. The number of alkyl halides is 1. The van der Waals surface area contributed by atoms with Crippen molar-refractivity contribution in [2.45, 2.75) is 32.4 Å². The number of hydrogen-bond acceptors (Lipinski definition) is 2. The molecule has 0 saturated heterocycles. The van der Waals surface area contributed by atoms with Crippen molar-refractivity contribution in [2.75, 3.05) is 5.88 Å². The van der Waals surface area contributed by atoms with Gasteiger partial charge in [-0.1, -0.05) is 30.3 Å². The van der Waals surface area contributed by atoms with Gasteiger partial charge in [-0.3, -0.25) is 4.79 Å². The second kappa shape index (κ2) is 5.46. The molecule has 2 nitrogen and oxygen atoms in total. The smallest absolute Gasteiger partial charge is 0.180 e. The van der Waals surface area contributed by atoms with Gasteiger partial charge in [0.1, 0.15) is 0 Å². The Kier molecular flexibility index (Phi) is 4.51. The summed E-state index contributed by atoms with van der Waals surface area (Å²) < 4.78 is 0. The van der Waals surface area contributed by atoms with Crippen molar-refractivity contribution in [3.63, 3.8) is 0 Å². The molecule has 1 aromatic rings. The van der Waals surface area contributed by atoms with Crippen LogP contribution in [0.25, 0.3) is 0 Å². The minimum absolute atomic E-state index is 0.0468. The minimum atomic E-state index is -0.330. The predicted octanol–water partition coefficient (Wildman–Crippen LogP) is 2.86. The van der Waals surface area contributed by atoms with Crippen molar-refractivity contribution in [2.24, 2.45) is 0 Å². The normalized spacial score (nSPS) is 13.5. The number of ketones is 1. The summed E-state index contributed by atoms with van der Waals surface area (Å²) in [6.45, 7) is 6.06. The number of rotatable bonds is 4. The fourth-order valence-corrected chi connectivity index (χ4v) is 1.72. The highest BCUT2D eigenvalue weighted by Gasteiger charge is 2.23. The number of nitrogens with one attached hydrogen (secondary N) is 1. The molecule has 0 saturated carbocycles. The van der Waals surface area contributed by atoms with Crippen LogP contribution in [-0.2, 0) is 0 Å². The Morgan fingerprint density at radius 1 is 1.31 bits per heavy atom. The van der Waals surface area contributed by atoms with E-state index in [0.29, 0.717) is 5.56 Å². The molecule has 88 valence electrons. The molecule has 3 heteroatoms. The van der Waals surface area contributed by atoms with Crippen molar-refractivity contribution in [3.05, 3.63) is 35.9 Å². The Morgan fingerprint density at radius 3 is 2.31 bits per heavy atom. The third-order valence-corrected chi connectivity index (χ3v) is 2.44. The molecule has 1 N–H and O–H groups in total. The predicted molar refractivity (Wildman–Crippen MR) is 68.2 cm³/mol. The van der Waals surface area contributed by atoms with E-state index in [0.717, 1.165) is 0 Å². The number of halogens is 1. The molecule has 0 spiro atoms. The summed E-state index contributed by atoms with van der Waals surface area (Å²) >= 11 is 5.84. The van der Waals surface area contributed by atoms with E-state index in [1.807, 2.05) is 51.1 Å². The van der Waals surface area contributed by atoms with Gasteiger partial charge in [0.2, 0.25) is 0 Å². The number of carbonyl (C=O) groups is 1. The molecule has 0 aliphatic carbocycles. The Labute approximate surface area is 102 Å². The maximum absolute atomic E-state index is 12.1. The van der Waals surface area contributed by atoms with Crippen LogP contribution in [0.2, 0.25) is 0 Å². The Morgan fingerprint density at radius 2 is 1.88 bits per heavy atom. The van der Waals surface area contributed by atoms with Crippen LogP contribution < -0.4 is 5.32 Å². The van der Waals surface area contributed by atoms with Gasteiger partial charge in [-0.05, 0) is 20.8 Å². The maximum atomic E-state index is 12.1. The fourth-order valence-electron chi connectivity index (χ4n) is 1.50. The summed E-state index contributed by atoms with van der Waals surface area (Å²) in [6, 6.07) is 8.90. The zero-order chi connectivity index (χ0) is 12.2. The molecule has 1 aromatic carbocycles. The first-order valence-electron chi connectivity index (χ1n) is 5.37. The number of carbonyl (C=O) groups excluding carboxylic acids is 1. The van der Waals surface area contributed by atoms with Crippen LogP contribution in [0.4, 0.5) is 0 Å². The molecule has 0 bridgehead atoms. The first-order valence-corrected chi connectivity index (χ1v) is 5.90. The summed E-state index contributed by atoms with van der Waals surface area (Å²) in [5, 5.41) is 3.22. The molecule has 1 unspecified atom stereocenters. The van der Waals surface area contributed by atoms with Crippen LogP contribution >= 0.6 is 11.6 Å². The number of benzene rings is 1. The first-order chi connectivity index (χ1) is 7.44. The summed E-state index contributed by atoms with van der Waals surface area (Å²) in [5.41, 5.74) is 0.578. The van der Waals surface area contributed by atoms with Crippen LogP contribution in [0, 0.1) is 0 Å². The quantitative estimate of drug-likeness (QED) is 0.647. The average Bonchev–Trinajstić information content (AvgIpc) is 2.25. The zero-order valence-corrected chi connectivity index (χ0v) is 10.7. The highest BCUT2D eigenvalue weighted by atomic mass is 35.5. The van der Waals surface area contributed by atoms with Crippen molar-refractivity contribution in [3.8, 4) is 0 Å². The van der Waals surface area contributed by atoms with E-state index in [9.17, 15) is 4.79 Å². The molecule has 1 atom stereocenters.